The summed E-state index contributed by atoms with van der Waals surface area (Å²) in [5.41, 5.74) is 4.14. The van der Waals surface area contributed by atoms with Crippen molar-refractivity contribution in [3.05, 3.63) is 72.3 Å². The Bertz CT molecular complexity index is 1090. The minimum absolute atomic E-state index is 0.00833. The summed E-state index contributed by atoms with van der Waals surface area (Å²) in [5, 5.41) is 11.7. The number of carbonyl (C=O) groups excluding carboxylic acids is 2. The molecule has 1 heterocycles. The standard InChI is InChI=1S/C25H24F2N2O5/c1-2-7-20(22(30)29-14-25(26,27)12-21(29)23(31)32)28-24(33)34-13-19-17-10-5-3-8-15(17)16-9-4-6-11-18(16)19/h2-6,8-11,19-21H,1,7,12-14H2,(H,28,33)(H,31,32)/t20?,21-/m0/s1. The van der Waals surface area contributed by atoms with E-state index in [1.165, 1.54) is 6.08 Å². The number of fused-ring (bicyclic) bond motifs is 3. The molecule has 9 heteroatoms. The molecule has 2 aromatic carbocycles. The van der Waals surface area contributed by atoms with Crippen molar-refractivity contribution in [3.63, 3.8) is 0 Å². The summed E-state index contributed by atoms with van der Waals surface area (Å²) in [5.74, 6) is -5.95. The highest BCUT2D eigenvalue weighted by Gasteiger charge is 2.51. The van der Waals surface area contributed by atoms with Crippen molar-refractivity contribution in [1.82, 2.24) is 10.2 Å². The number of likely N-dealkylation sites (tertiary alicyclic amines) is 1. The smallest absolute Gasteiger partial charge is 0.407 e. The first-order valence-corrected chi connectivity index (χ1v) is 10.9. The minimum atomic E-state index is -3.32. The van der Waals surface area contributed by atoms with Gasteiger partial charge in [-0.25, -0.2) is 18.4 Å². The first-order chi connectivity index (χ1) is 16.2. The third kappa shape index (κ3) is 4.50. The molecule has 0 bridgehead atoms. The Kier molecular flexibility index (Phi) is 6.37. The number of carboxylic acid groups (broad SMARTS) is 1. The van der Waals surface area contributed by atoms with Crippen LogP contribution in [0.3, 0.4) is 0 Å². The van der Waals surface area contributed by atoms with E-state index in [2.05, 4.69) is 11.9 Å². The van der Waals surface area contributed by atoms with Gasteiger partial charge in [0.05, 0.1) is 6.54 Å². The number of benzene rings is 2. The average molecular weight is 470 g/mol. The Balaban J connectivity index is 1.45. The molecule has 2 atom stereocenters. The molecule has 1 saturated heterocycles. The van der Waals surface area contributed by atoms with Gasteiger partial charge in [0.25, 0.3) is 5.92 Å². The van der Waals surface area contributed by atoms with Crippen LogP contribution in [-0.4, -0.2) is 59.1 Å². The normalized spacial score (nSPS) is 19.1. The molecule has 4 rings (SSSR count). The lowest BCUT2D eigenvalue weighted by Crippen LogP contribution is -2.52. The van der Waals surface area contributed by atoms with Crippen LogP contribution in [0.1, 0.15) is 29.9 Å². The van der Waals surface area contributed by atoms with Crippen LogP contribution in [0.4, 0.5) is 13.6 Å². The monoisotopic (exact) mass is 470 g/mol. The van der Waals surface area contributed by atoms with Crippen molar-refractivity contribution in [2.24, 2.45) is 0 Å². The van der Waals surface area contributed by atoms with Gasteiger partial charge in [-0.1, -0.05) is 54.6 Å². The topological polar surface area (TPSA) is 95.9 Å². The zero-order valence-corrected chi connectivity index (χ0v) is 18.2. The summed E-state index contributed by atoms with van der Waals surface area (Å²) < 4.78 is 33.1. The summed E-state index contributed by atoms with van der Waals surface area (Å²) >= 11 is 0. The third-order valence-electron chi connectivity index (χ3n) is 6.17. The van der Waals surface area contributed by atoms with Gasteiger partial charge in [0.1, 0.15) is 18.7 Å². The van der Waals surface area contributed by atoms with Crippen molar-refractivity contribution in [3.8, 4) is 11.1 Å². The molecule has 0 spiro atoms. The summed E-state index contributed by atoms with van der Waals surface area (Å²) in [6.07, 6.45) is -0.604. The average Bonchev–Trinajstić information content (AvgIpc) is 3.31. The highest BCUT2D eigenvalue weighted by atomic mass is 19.3. The van der Waals surface area contributed by atoms with Gasteiger partial charge in [0.15, 0.2) is 0 Å². The van der Waals surface area contributed by atoms with E-state index in [-0.39, 0.29) is 18.9 Å². The number of halogens is 2. The van der Waals surface area contributed by atoms with Crippen LogP contribution in [-0.2, 0) is 14.3 Å². The molecule has 2 aromatic rings. The second-order valence-corrected chi connectivity index (χ2v) is 8.43. The molecule has 0 radical (unpaired) electrons. The molecule has 178 valence electrons. The fourth-order valence-corrected chi connectivity index (χ4v) is 4.64. The number of alkyl carbamates (subject to hydrolysis) is 1. The van der Waals surface area contributed by atoms with E-state index < -0.39 is 48.9 Å². The van der Waals surface area contributed by atoms with E-state index in [4.69, 9.17) is 4.74 Å². The number of nitrogens with zero attached hydrogens (tertiary/aromatic N) is 1. The first-order valence-electron chi connectivity index (χ1n) is 10.9. The molecule has 2 N–H and O–H groups in total. The first kappa shape index (κ1) is 23.4. The summed E-state index contributed by atoms with van der Waals surface area (Å²) in [6, 6.07) is 12.7. The Morgan fingerprint density at radius 2 is 1.74 bits per heavy atom. The maximum absolute atomic E-state index is 13.8. The van der Waals surface area contributed by atoms with Crippen molar-refractivity contribution in [1.29, 1.82) is 0 Å². The van der Waals surface area contributed by atoms with Crippen LogP contribution < -0.4 is 5.32 Å². The highest BCUT2D eigenvalue weighted by Crippen LogP contribution is 2.44. The molecular weight excluding hydrogens is 446 g/mol. The molecule has 1 aliphatic heterocycles. The summed E-state index contributed by atoms with van der Waals surface area (Å²) in [4.78, 5) is 37.4. The van der Waals surface area contributed by atoms with E-state index in [0.717, 1.165) is 22.3 Å². The van der Waals surface area contributed by atoms with Gasteiger partial charge in [-0.3, -0.25) is 4.79 Å². The summed E-state index contributed by atoms with van der Waals surface area (Å²) in [7, 11) is 0. The van der Waals surface area contributed by atoms with Crippen molar-refractivity contribution in [2.75, 3.05) is 13.2 Å². The second-order valence-electron chi connectivity index (χ2n) is 8.43. The number of alkyl halides is 2. The third-order valence-corrected chi connectivity index (χ3v) is 6.17. The molecule has 1 unspecified atom stereocenters. The Morgan fingerprint density at radius 3 is 2.29 bits per heavy atom. The molecule has 34 heavy (non-hydrogen) atoms. The number of amides is 2. The number of hydrogen-bond donors (Lipinski definition) is 2. The zero-order valence-electron chi connectivity index (χ0n) is 18.2. The predicted octanol–water partition coefficient (Wildman–Crippen LogP) is 3.79. The van der Waals surface area contributed by atoms with Gasteiger partial charge in [-0.2, -0.15) is 0 Å². The molecule has 0 saturated carbocycles. The Morgan fingerprint density at radius 1 is 1.15 bits per heavy atom. The van der Waals surface area contributed by atoms with Gasteiger partial charge in [-0.05, 0) is 28.7 Å². The van der Waals surface area contributed by atoms with Crippen LogP contribution in [0.2, 0.25) is 0 Å². The highest BCUT2D eigenvalue weighted by molar-refractivity contribution is 5.90. The number of hydrogen-bond acceptors (Lipinski definition) is 4. The van der Waals surface area contributed by atoms with Gasteiger partial charge in [0.2, 0.25) is 5.91 Å². The van der Waals surface area contributed by atoms with Crippen LogP contribution in [0, 0.1) is 0 Å². The number of rotatable bonds is 7. The van der Waals surface area contributed by atoms with Crippen molar-refractivity contribution >= 4 is 18.0 Å². The second kappa shape index (κ2) is 9.24. The van der Waals surface area contributed by atoms with Crippen molar-refractivity contribution in [2.45, 2.75) is 36.8 Å². The van der Waals surface area contributed by atoms with Crippen LogP contribution in [0.25, 0.3) is 11.1 Å². The quantitative estimate of drug-likeness (QED) is 0.601. The Hall–Kier alpha value is -3.75. The van der Waals surface area contributed by atoms with Gasteiger partial charge in [0, 0.05) is 12.3 Å². The van der Waals surface area contributed by atoms with E-state index in [9.17, 15) is 28.3 Å². The maximum atomic E-state index is 13.8. The van der Waals surface area contributed by atoms with Gasteiger partial charge >= 0.3 is 12.1 Å². The summed E-state index contributed by atoms with van der Waals surface area (Å²) in [6.45, 7) is 2.51. The predicted molar refractivity (Wildman–Crippen MR) is 120 cm³/mol. The largest absolute Gasteiger partial charge is 0.480 e. The molecule has 2 aliphatic rings. The van der Waals surface area contributed by atoms with Crippen LogP contribution in [0.15, 0.2) is 61.2 Å². The number of nitrogens with one attached hydrogen (secondary N) is 1. The molecule has 1 fully saturated rings. The van der Waals surface area contributed by atoms with Crippen molar-refractivity contribution < 1.29 is 33.0 Å². The lowest BCUT2D eigenvalue weighted by molar-refractivity contribution is -0.148. The Labute approximate surface area is 195 Å². The fourth-order valence-electron chi connectivity index (χ4n) is 4.64. The molecule has 7 nitrogen and oxygen atoms in total. The number of carbonyl (C=O) groups is 3. The molecule has 1 aliphatic carbocycles. The number of carboxylic acids is 1. The molecule has 2 amide bonds. The van der Waals surface area contributed by atoms with E-state index in [0.29, 0.717) is 4.90 Å². The lowest BCUT2D eigenvalue weighted by Gasteiger charge is -2.26. The maximum Gasteiger partial charge on any atom is 0.407 e. The van der Waals surface area contributed by atoms with Gasteiger partial charge < -0.3 is 20.1 Å². The van der Waals surface area contributed by atoms with E-state index in [1.807, 2.05) is 48.5 Å². The SMILES string of the molecule is C=CCC(NC(=O)OCC1c2ccccc2-c2ccccc21)C(=O)N1CC(F)(F)C[C@H]1C(=O)O. The molecule has 0 aromatic heterocycles. The minimum Gasteiger partial charge on any atom is -0.480 e. The number of aliphatic carboxylic acids is 1. The van der Waals surface area contributed by atoms with Crippen LogP contribution >= 0.6 is 0 Å². The fraction of sp³-hybridized carbons (Fsp3) is 0.320. The zero-order chi connectivity index (χ0) is 24.5. The van der Waals surface area contributed by atoms with E-state index >= 15 is 0 Å². The lowest BCUT2D eigenvalue weighted by atomic mass is 9.98. The van der Waals surface area contributed by atoms with Crippen LogP contribution in [0.5, 0.6) is 0 Å². The molecular formula is C25H24F2N2O5. The van der Waals surface area contributed by atoms with Gasteiger partial charge in [-0.15, -0.1) is 6.58 Å². The number of ether oxygens (including phenoxy) is 1. The van der Waals surface area contributed by atoms with E-state index in [1.54, 1.807) is 0 Å².